The van der Waals surface area contributed by atoms with E-state index in [1.54, 1.807) is 24.3 Å². The maximum atomic E-state index is 8.81. The lowest BCUT2D eigenvalue weighted by atomic mass is 10.1. The standard InChI is InChI=1S/C13H10ClN3O2/c1-18-11-6-12(17-13(14)16-11)19-8-10-4-2-3-9(5-10)7-15/h2-6H,8H2,1H3. The van der Waals surface area contributed by atoms with Crippen LogP contribution in [0.25, 0.3) is 0 Å². The van der Waals surface area contributed by atoms with Crippen LogP contribution in [-0.4, -0.2) is 17.1 Å². The normalized spacial score (nSPS) is 9.74. The number of benzene rings is 1. The number of hydrogen-bond acceptors (Lipinski definition) is 5. The van der Waals surface area contributed by atoms with Gasteiger partial charge in [-0.15, -0.1) is 0 Å². The van der Waals surface area contributed by atoms with E-state index in [4.69, 9.17) is 26.3 Å². The maximum absolute atomic E-state index is 8.81. The number of nitrogens with zero attached hydrogens (tertiary/aromatic N) is 3. The molecule has 0 fully saturated rings. The van der Waals surface area contributed by atoms with Crippen LogP contribution in [0, 0.1) is 11.3 Å². The number of halogens is 1. The van der Waals surface area contributed by atoms with Gasteiger partial charge in [0.05, 0.1) is 24.8 Å². The van der Waals surface area contributed by atoms with E-state index in [1.807, 2.05) is 6.07 Å². The molecule has 1 aromatic carbocycles. The third-order valence-corrected chi connectivity index (χ3v) is 2.47. The lowest BCUT2D eigenvalue weighted by Gasteiger charge is -2.07. The lowest BCUT2D eigenvalue weighted by Crippen LogP contribution is -1.99. The predicted molar refractivity (Wildman–Crippen MR) is 69.1 cm³/mol. The highest BCUT2D eigenvalue weighted by Gasteiger charge is 2.05. The molecule has 96 valence electrons. The summed E-state index contributed by atoms with van der Waals surface area (Å²) in [7, 11) is 1.48. The van der Waals surface area contributed by atoms with Crippen molar-refractivity contribution < 1.29 is 9.47 Å². The fraction of sp³-hybridized carbons (Fsp3) is 0.154. The summed E-state index contributed by atoms with van der Waals surface area (Å²) in [6.45, 7) is 0.284. The Labute approximate surface area is 115 Å². The van der Waals surface area contributed by atoms with E-state index < -0.39 is 0 Å². The van der Waals surface area contributed by atoms with Crippen LogP contribution in [0.2, 0.25) is 5.28 Å². The molecule has 2 rings (SSSR count). The zero-order chi connectivity index (χ0) is 13.7. The molecule has 6 heteroatoms. The first kappa shape index (κ1) is 13.1. The SMILES string of the molecule is COc1cc(OCc2cccc(C#N)c2)nc(Cl)n1. The Balaban J connectivity index is 2.10. The summed E-state index contributed by atoms with van der Waals surface area (Å²) in [5, 5.41) is 8.86. The number of rotatable bonds is 4. The molecule has 0 amide bonds. The largest absolute Gasteiger partial charge is 0.481 e. The second kappa shape index (κ2) is 6.03. The molecule has 0 unspecified atom stereocenters. The van der Waals surface area contributed by atoms with Gasteiger partial charge in [0.25, 0.3) is 0 Å². The van der Waals surface area contributed by atoms with Gasteiger partial charge in [-0.1, -0.05) is 12.1 Å². The smallest absolute Gasteiger partial charge is 0.228 e. The first-order valence-electron chi connectivity index (χ1n) is 5.41. The van der Waals surface area contributed by atoms with Gasteiger partial charge in [0.15, 0.2) is 0 Å². The van der Waals surface area contributed by atoms with Crippen molar-refractivity contribution in [1.82, 2.24) is 9.97 Å². The van der Waals surface area contributed by atoms with Crippen molar-refractivity contribution in [2.24, 2.45) is 0 Å². The zero-order valence-corrected chi connectivity index (χ0v) is 10.9. The average Bonchev–Trinajstić information content (AvgIpc) is 2.44. The van der Waals surface area contributed by atoms with Gasteiger partial charge in [-0.3, -0.25) is 0 Å². The molecule has 0 spiro atoms. The van der Waals surface area contributed by atoms with E-state index in [-0.39, 0.29) is 11.9 Å². The molecule has 0 aliphatic rings. The minimum atomic E-state index is 0.0557. The zero-order valence-electron chi connectivity index (χ0n) is 10.1. The van der Waals surface area contributed by atoms with Gasteiger partial charge in [-0.2, -0.15) is 15.2 Å². The Hall–Kier alpha value is -2.32. The quantitative estimate of drug-likeness (QED) is 0.802. The van der Waals surface area contributed by atoms with Crippen molar-refractivity contribution in [2.75, 3.05) is 7.11 Å². The minimum absolute atomic E-state index is 0.0557. The number of hydrogen-bond donors (Lipinski definition) is 0. The van der Waals surface area contributed by atoms with Crippen LogP contribution in [0.3, 0.4) is 0 Å². The summed E-state index contributed by atoms with van der Waals surface area (Å²) in [6.07, 6.45) is 0. The van der Waals surface area contributed by atoms with Gasteiger partial charge in [-0.25, -0.2) is 0 Å². The molecular formula is C13H10ClN3O2. The molecule has 0 aliphatic heterocycles. The highest BCUT2D eigenvalue weighted by Crippen LogP contribution is 2.18. The minimum Gasteiger partial charge on any atom is -0.481 e. The summed E-state index contributed by atoms with van der Waals surface area (Å²) in [5.41, 5.74) is 1.45. The molecule has 1 aromatic heterocycles. The van der Waals surface area contributed by atoms with E-state index in [0.717, 1.165) is 5.56 Å². The molecule has 0 radical (unpaired) electrons. The average molecular weight is 276 g/mol. The van der Waals surface area contributed by atoms with Crippen molar-refractivity contribution in [1.29, 1.82) is 5.26 Å². The summed E-state index contributed by atoms with van der Waals surface area (Å²) in [6, 6.07) is 10.8. The highest BCUT2D eigenvalue weighted by atomic mass is 35.5. The number of nitriles is 1. The highest BCUT2D eigenvalue weighted by molar-refractivity contribution is 6.28. The van der Waals surface area contributed by atoms with Crippen molar-refractivity contribution in [3.8, 4) is 17.8 Å². The molecule has 0 aliphatic carbocycles. The van der Waals surface area contributed by atoms with Gasteiger partial charge >= 0.3 is 0 Å². The second-order valence-corrected chi connectivity index (χ2v) is 3.96. The monoisotopic (exact) mass is 275 g/mol. The Morgan fingerprint density at radius 1 is 1.26 bits per heavy atom. The molecule has 19 heavy (non-hydrogen) atoms. The first-order valence-corrected chi connectivity index (χ1v) is 5.79. The first-order chi connectivity index (χ1) is 9.21. The number of methoxy groups -OCH3 is 1. The third-order valence-electron chi connectivity index (χ3n) is 2.30. The number of aromatic nitrogens is 2. The van der Waals surface area contributed by atoms with Crippen LogP contribution in [0.1, 0.15) is 11.1 Å². The Morgan fingerprint density at radius 3 is 2.79 bits per heavy atom. The second-order valence-electron chi connectivity index (χ2n) is 3.62. The summed E-state index contributed by atoms with van der Waals surface area (Å²) in [5.74, 6) is 0.653. The van der Waals surface area contributed by atoms with Gasteiger partial charge in [-0.05, 0) is 29.3 Å². The molecule has 1 heterocycles. The molecule has 0 bridgehead atoms. The van der Waals surface area contributed by atoms with Gasteiger partial charge in [0.1, 0.15) is 6.61 Å². The fourth-order valence-electron chi connectivity index (χ4n) is 1.44. The maximum Gasteiger partial charge on any atom is 0.228 e. The van der Waals surface area contributed by atoms with E-state index in [9.17, 15) is 0 Å². The lowest BCUT2D eigenvalue weighted by molar-refractivity contribution is 0.289. The van der Waals surface area contributed by atoms with Crippen LogP contribution in [0.5, 0.6) is 11.8 Å². The molecule has 0 saturated carbocycles. The molecular weight excluding hydrogens is 266 g/mol. The predicted octanol–water partition coefficient (Wildman–Crippen LogP) is 2.59. The summed E-state index contributed by atoms with van der Waals surface area (Å²) in [4.78, 5) is 7.77. The topological polar surface area (TPSA) is 68.0 Å². The van der Waals surface area contributed by atoms with E-state index in [1.165, 1.54) is 7.11 Å². The molecule has 0 N–H and O–H groups in total. The van der Waals surface area contributed by atoms with E-state index >= 15 is 0 Å². The third kappa shape index (κ3) is 3.57. The van der Waals surface area contributed by atoms with Crippen LogP contribution >= 0.6 is 11.6 Å². The van der Waals surface area contributed by atoms with Gasteiger partial charge in [0, 0.05) is 0 Å². The van der Waals surface area contributed by atoms with Crippen LogP contribution in [-0.2, 0) is 6.61 Å². The Kier molecular flexibility index (Phi) is 4.16. The van der Waals surface area contributed by atoms with Crippen molar-refractivity contribution in [3.05, 3.63) is 46.7 Å². The van der Waals surface area contributed by atoms with Crippen LogP contribution < -0.4 is 9.47 Å². The molecule has 2 aromatic rings. The van der Waals surface area contributed by atoms with Crippen molar-refractivity contribution >= 4 is 11.6 Å². The van der Waals surface area contributed by atoms with Crippen molar-refractivity contribution in [2.45, 2.75) is 6.61 Å². The van der Waals surface area contributed by atoms with Crippen molar-refractivity contribution in [3.63, 3.8) is 0 Å². The molecule has 0 atom stereocenters. The van der Waals surface area contributed by atoms with Gasteiger partial charge in [0.2, 0.25) is 17.0 Å². The molecule has 0 saturated heterocycles. The van der Waals surface area contributed by atoms with Crippen LogP contribution in [0.4, 0.5) is 0 Å². The van der Waals surface area contributed by atoms with Gasteiger partial charge < -0.3 is 9.47 Å². The van der Waals surface area contributed by atoms with Crippen LogP contribution in [0.15, 0.2) is 30.3 Å². The molecule has 5 nitrogen and oxygen atoms in total. The van der Waals surface area contributed by atoms with E-state index in [2.05, 4.69) is 16.0 Å². The Bertz CT molecular complexity index is 626. The fourth-order valence-corrected chi connectivity index (χ4v) is 1.61. The van der Waals surface area contributed by atoms with E-state index in [0.29, 0.717) is 17.3 Å². The number of ether oxygens (including phenoxy) is 2. The summed E-state index contributed by atoms with van der Waals surface area (Å²) >= 11 is 5.73. The Morgan fingerprint density at radius 2 is 2.05 bits per heavy atom. The summed E-state index contributed by atoms with van der Waals surface area (Å²) < 4.78 is 10.5.